The van der Waals surface area contributed by atoms with E-state index in [1.54, 1.807) is 47.6 Å². The fraction of sp³-hybridized carbons (Fsp3) is 0.576. The second-order valence-electron chi connectivity index (χ2n) is 13.0. The average molecular weight is 702 g/mol. The number of rotatable bonds is 15. The second kappa shape index (κ2) is 17.2. The van der Waals surface area contributed by atoms with Gasteiger partial charge in [0.15, 0.2) is 0 Å². The number of benzene rings is 2. The van der Waals surface area contributed by atoms with Crippen LogP contribution in [0.4, 0.5) is 9.59 Å². The van der Waals surface area contributed by atoms with Gasteiger partial charge in [0.25, 0.3) is 0 Å². The summed E-state index contributed by atoms with van der Waals surface area (Å²) in [7, 11) is -1.35. The molecule has 0 aromatic heterocycles. The van der Waals surface area contributed by atoms with Crippen LogP contribution in [-0.4, -0.2) is 49.8 Å². The zero-order valence-electron chi connectivity index (χ0n) is 28.6. The smallest absolute Gasteiger partial charge is 0.444 e. The van der Waals surface area contributed by atoms with Gasteiger partial charge in [0.1, 0.15) is 17.0 Å². The predicted molar refractivity (Wildman–Crippen MR) is 181 cm³/mol. The van der Waals surface area contributed by atoms with Crippen LogP contribution in [0.2, 0.25) is 5.02 Å². The van der Waals surface area contributed by atoms with Crippen LogP contribution in [0.5, 0.6) is 5.75 Å². The summed E-state index contributed by atoms with van der Waals surface area (Å²) in [6.45, 7) is 14.5. The van der Waals surface area contributed by atoms with Crippen molar-refractivity contribution in [2.75, 3.05) is 20.8 Å². The third kappa shape index (κ3) is 13.8. The molecule has 1 amide bonds. The Hall–Kier alpha value is -2.27. The lowest BCUT2D eigenvalue weighted by Gasteiger charge is -2.36. The van der Waals surface area contributed by atoms with Gasteiger partial charge in [-0.05, 0) is 103 Å². The molecule has 1 N–H and O–H groups in total. The van der Waals surface area contributed by atoms with Crippen molar-refractivity contribution >= 4 is 43.4 Å². The highest BCUT2D eigenvalue weighted by Gasteiger charge is 2.37. The van der Waals surface area contributed by atoms with Crippen molar-refractivity contribution < 1.29 is 41.9 Å². The number of halogens is 1. The number of alkyl carbamates (subject to hydrolysis) is 1. The number of phosphoric acid groups is 1. The Bertz CT molecular complexity index is 1370. The molecule has 0 fully saturated rings. The number of aryl methyl sites for hydroxylation is 2. The monoisotopic (exact) mass is 701 g/mol. The van der Waals surface area contributed by atoms with Crippen molar-refractivity contribution in [1.29, 1.82) is 0 Å². The van der Waals surface area contributed by atoms with E-state index in [9.17, 15) is 14.2 Å². The number of amides is 1. The van der Waals surface area contributed by atoms with Crippen LogP contribution < -0.4 is 10.1 Å². The minimum atomic E-state index is -3.83. The number of phosphoric ester groups is 1. The van der Waals surface area contributed by atoms with E-state index >= 15 is 0 Å². The van der Waals surface area contributed by atoms with E-state index < -0.39 is 36.8 Å². The molecule has 0 spiro atoms. The lowest BCUT2D eigenvalue weighted by Crippen LogP contribution is -2.53. The molecule has 13 heteroatoms. The highest BCUT2D eigenvalue weighted by molar-refractivity contribution is 7.99. The molecule has 0 aliphatic heterocycles. The van der Waals surface area contributed by atoms with Gasteiger partial charge in [0.2, 0.25) is 0 Å². The third-order valence-corrected chi connectivity index (χ3v) is 9.25. The van der Waals surface area contributed by atoms with E-state index in [0.29, 0.717) is 30.0 Å². The van der Waals surface area contributed by atoms with E-state index in [1.807, 2.05) is 44.2 Å². The van der Waals surface area contributed by atoms with E-state index in [4.69, 9.17) is 39.4 Å². The summed E-state index contributed by atoms with van der Waals surface area (Å²) in [5.41, 5.74) is -0.529. The first-order chi connectivity index (χ1) is 21.3. The number of ether oxygens (including phenoxy) is 3. The molecule has 0 heterocycles. The highest BCUT2D eigenvalue weighted by atomic mass is 35.5. The van der Waals surface area contributed by atoms with Gasteiger partial charge in [-0.2, -0.15) is 0 Å². The maximum absolute atomic E-state index is 13.0. The summed E-state index contributed by atoms with van der Waals surface area (Å²) in [6, 6.07) is 11.2. The molecule has 1 atom stereocenters. The Morgan fingerprint density at radius 3 is 2.15 bits per heavy atom. The average Bonchev–Trinajstić information content (AvgIpc) is 2.93. The molecule has 2 rings (SSSR count). The Kier molecular flexibility index (Phi) is 14.9. The Balaban J connectivity index is 2.33. The van der Waals surface area contributed by atoms with Crippen LogP contribution in [0.1, 0.15) is 85.3 Å². The van der Waals surface area contributed by atoms with Crippen LogP contribution in [-0.2, 0) is 34.0 Å². The van der Waals surface area contributed by atoms with E-state index in [-0.39, 0.29) is 6.61 Å². The number of nitrogens with one attached hydrogen (secondary N) is 1. The molecule has 0 saturated heterocycles. The molecule has 10 nitrogen and oxygen atoms in total. The lowest BCUT2D eigenvalue weighted by molar-refractivity contribution is 0.0200. The first-order valence-electron chi connectivity index (χ1n) is 15.2. The van der Waals surface area contributed by atoms with Crippen molar-refractivity contribution in [2.45, 2.75) is 114 Å². The third-order valence-electron chi connectivity index (χ3n) is 6.53. The minimum absolute atomic E-state index is 0.134. The van der Waals surface area contributed by atoms with Gasteiger partial charge in [-0.25, -0.2) is 14.2 Å². The Morgan fingerprint density at radius 1 is 0.935 bits per heavy atom. The Morgan fingerprint density at radius 2 is 1.59 bits per heavy atom. The molecule has 0 aliphatic carbocycles. The molecule has 0 unspecified atom stereocenters. The molecular formula is C33H49ClNO9PS. The van der Waals surface area contributed by atoms with E-state index in [0.717, 1.165) is 33.8 Å². The van der Waals surface area contributed by atoms with Gasteiger partial charge in [-0.1, -0.05) is 55.3 Å². The van der Waals surface area contributed by atoms with Gasteiger partial charge in [0, 0.05) is 24.1 Å². The van der Waals surface area contributed by atoms with Crippen LogP contribution in [0.25, 0.3) is 0 Å². The van der Waals surface area contributed by atoms with Crippen molar-refractivity contribution in [3.8, 4) is 5.75 Å². The number of carbonyl (C=O) groups is 2. The standard InChI is InChI=1S/C33H49ClNO9PS/c1-11-12-18-33(22-41-45(38,39-9)40-10,35-29(36)43-31(3,4)5)19-17-24-14-15-25(21-26(24)34)46-28-20-23(2)13-16-27(28)42-30(37)44-32(6,7)8/h13-16,20-21H,11-12,17-19,22H2,1-10H3,(H,35,36)/t33-/m0/s1. The Labute approximate surface area is 283 Å². The number of hydrogen-bond acceptors (Lipinski definition) is 10. The quantitative estimate of drug-likeness (QED) is 0.109. The van der Waals surface area contributed by atoms with Crippen LogP contribution in [0, 0.1) is 6.92 Å². The molecule has 2 aromatic rings. The largest absolute Gasteiger partial charge is 0.514 e. The minimum Gasteiger partial charge on any atom is -0.444 e. The summed E-state index contributed by atoms with van der Waals surface area (Å²) < 4.78 is 44.8. The molecule has 0 radical (unpaired) electrons. The van der Waals surface area contributed by atoms with Gasteiger partial charge in [0.05, 0.1) is 17.0 Å². The molecular weight excluding hydrogens is 653 g/mol. The van der Waals surface area contributed by atoms with Crippen LogP contribution >= 0.6 is 31.2 Å². The first kappa shape index (κ1) is 39.9. The van der Waals surface area contributed by atoms with Crippen molar-refractivity contribution in [1.82, 2.24) is 5.32 Å². The molecule has 2 aromatic carbocycles. The highest BCUT2D eigenvalue weighted by Crippen LogP contribution is 2.48. The molecule has 0 bridgehead atoms. The molecule has 0 aliphatic rings. The maximum Gasteiger partial charge on any atom is 0.514 e. The van der Waals surface area contributed by atoms with Gasteiger partial charge >= 0.3 is 20.1 Å². The van der Waals surface area contributed by atoms with Gasteiger partial charge < -0.3 is 19.5 Å². The normalized spacial score (nSPS) is 13.5. The number of hydrogen-bond donors (Lipinski definition) is 1. The zero-order chi connectivity index (χ0) is 34.8. The summed E-state index contributed by atoms with van der Waals surface area (Å²) in [5.74, 6) is 0.378. The SMILES string of the molecule is CCCC[C@](CCc1ccc(Sc2cc(C)ccc2OC(=O)OC(C)(C)C)cc1Cl)(COP(=O)(OC)OC)NC(=O)OC(C)(C)C. The fourth-order valence-electron chi connectivity index (χ4n) is 4.28. The van der Waals surface area contributed by atoms with Crippen molar-refractivity contribution in [3.63, 3.8) is 0 Å². The van der Waals surface area contributed by atoms with Crippen molar-refractivity contribution in [2.24, 2.45) is 0 Å². The van der Waals surface area contributed by atoms with Gasteiger partial charge in [-0.3, -0.25) is 13.6 Å². The van der Waals surface area contributed by atoms with Crippen LogP contribution in [0.15, 0.2) is 46.2 Å². The van der Waals surface area contributed by atoms with Gasteiger partial charge in [-0.15, -0.1) is 0 Å². The summed E-state index contributed by atoms with van der Waals surface area (Å²) >= 11 is 8.20. The topological polar surface area (TPSA) is 119 Å². The maximum atomic E-state index is 13.0. The first-order valence-corrected chi connectivity index (χ1v) is 17.8. The predicted octanol–water partition coefficient (Wildman–Crippen LogP) is 9.92. The molecule has 46 heavy (non-hydrogen) atoms. The summed E-state index contributed by atoms with van der Waals surface area (Å²) in [4.78, 5) is 26.9. The van der Waals surface area contributed by atoms with Crippen LogP contribution in [0.3, 0.4) is 0 Å². The molecule has 258 valence electrons. The lowest BCUT2D eigenvalue weighted by atomic mass is 9.87. The fourth-order valence-corrected chi connectivity index (χ4v) is 6.41. The number of unbranched alkanes of at least 4 members (excludes halogenated alkanes) is 1. The van der Waals surface area contributed by atoms with Crippen molar-refractivity contribution in [3.05, 3.63) is 52.5 Å². The number of carbonyl (C=O) groups excluding carboxylic acids is 2. The van der Waals surface area contributed by atoms with E-state index in [2.05, 4.69) is 5.32 Å². The van der Waals surface area contributed by atoms with E-state index in [1.165, 1.54) is 26.0 Å². The summed E-state index contributed by atoms with van der Waals surface area (Å²) in [6.07, 6.45) is 1.61. The second-order valence-corrected chi connectivity index (χ2v) is 16.4. The summed E-state index contributed by atoms with van der Waals surface area (Å²) in [5, 5.41) is 3.52. The molecule has 0 saturated carbocycles. The zero-order valence-corrected chi connectivity index (χ0v) is 31.1.